The van der Waals surface area contributed by atoms with Crippen molar-refractivity contribution in [1.29, 1.82) is 0 Å². The highest BCUT2D eigenvalue weighted by Gasteiger charge is 2.41. The summed E-state index contributed by atoms with van der Waals surface area (Å²) in [5.74, 6) is -0.801. The zero-order valence-corrected chi connectivity index (χ0v) is 43.4. The van der Waals surface area contributed by atoms with Crippen LogP contribution in [-0.4, -0.2) is 91.1 Å². The maximum absolute atomic E-state index is 12.7. The van der Waals surface area contributed by atoms with E-state index in [9.17, 15) is 24.3 Å². The van der Waals surface area contributed by atoms with Crippen LogP contribution in [0, 0.1) is 0 Å². The van der Waals surface area contributed by atoms with Crippen LogP contribution in [0.1, 0.15) is 241 Å². The normalized spacial score (nSPS) is 16.6. The molecule has 1 rings (SSSR count). The van der Waals surface area contributed by atoms with Gasteiger partial charge in [0, 0.05) is 23.9 Å². The van der Waals surface area contributed by atoms with Crippen molar-refractivity contribution < 1.29 is 47.3 Å². The first kappa shape index (κ1) is 61.7. The molecule has 12 heteroatoms. The Morgan fingerprint density at radius 3 is 1.43 bits per heavy atom. The molecule has 0 aromatic rings. The number of carbonyl (C=O) groups is 2. The number of carbonyl (C=O) groups excluding carboxylic acids is 2. The van der Waals surface area contributed by atoms with Crippen molar-refractivity contribution in [2.24, 2.45) is 0 Å². The molecule has 1 unspecified atom stereocenters. The third-order valence-electron chi connectivity index (χ3n) is 12.0. The molecular formula is C51H101N2O9P+. The number of hydrogen-bond donors (Lipinski definition) is 1. The molecule has 373 valence electrons. The number of nitrogens with zero attached hydrogens (tertiary/aromatic N) is 2. The second-order valence-corrected chi connectivity index (χ2v) is 22.0. The van der Waals surface area contributed by atoms with E-state index in [1.54, 1.807) is 0 Å². The zero-order valence-electron chi connectivity index (χ0n) is 42.5. The zero-order chi connectivity index (χ0) is 47.3. The molecule has 1 saturated heterocycles. The molecule has 0 aromatic heterocycles. The number of hydroxylamine groups is 2. The lowest BCUT2D eigenvalue weighted by atomic mass is 9.82. The third-order valence-corrected chi connectivity index (χ3v) is 13.0. The van der Waals surface area contributed by atoms with E-state index in [0.29, 0.717) is 23.9 Å². The van der Waals surface area contributed by atoms with E-state index in [1.165, 1.54) is 121 Å². The monoisotopic (exact) mass is 917 g/mol. The molecule has 1 aliphatic rings. The highest BCUT2D eigenvalue weighted by atomic mass is 31.2. The van der Waals surface area contributed by atoms with Crippen LogP contribution in [0.15, 0.2) is 12.2 Å². The number of quaternary nitrogens is 1. The minimum Gasteiger partial charge on any atom is -0.462 e. The fraction of sp³-hybridized carbons (Fsp3) is 0.922. The van der Waals surface area contributed by atoms with Crippen molar-refractivity contribution in [3.63, 3.8) is 0 Å². The van der Waals surface area contributed by atoms with Crippen LogP contribution in [0.3, 0.4) is 0 Å². The topological polar surface area (TPSA) is 132 Å². The quantitative estimate of drug-likeness (QED) is 0.0210. The van der Waals surface area contributed by atoms with Gasteiger partial charge in [0.05, 0.1) is 27.7 Å². The number of allylic oxidation sites excluding steroid dienone is 2. The summed E-state index contributed by atoms with van der Waals surface area (Å²) in [6.07, 6.45) is 38.6. The predicted molar refractivity (Wildman–Crippen MR) is 260 cm³/mol. The van der Waals surface area contributed by atoms with Crippen LogP contribution < -0.4 is 0 Å². The number of piperidine rings is 1. The molecule has 1 N–H and O–H groups in total. The predicted octanol–water partition coefficient (Wildman–Crippen LogP) is 14.2. The third kappa shape index (κ3) is 38.5. The fourth-order valence-electron chi connectivity index (χ4n) is 7.87. The molecule has 1 fully saturated rings. The molecule has 1 heterocycles. The molecule has 1 radical (unpaired) electrons. The van der Waals surface area contributed by atoms with Gasteiger partial charge in [-0.3, -0.25) is 18.6 Å². The largest absolute Gasteiger partial charge is 0.472 e. The number of hydrogen-bond acceptors (Lipinski definition) is 8. The van der Waals surface area contributed by atoms with Crippen molar-refractivity contribution in [2.45, 2.75) is 258 Å². The number of unbranched alkanes of at least 4 members (excludes halogenated alkanes) is 23. The maximum atomic E-state index is 12.7. The van der Waals surface area contributed by atoms with Gasteiger partial charge in [0.25, 0.3) is 0 Å². The van der Waals surface area contributed by atoms with E-state index in [1.807, 2.05) is 48.8 Å². The van der Waals surface area contributed by atoms with Crippen LogP contribution in [0.5, 0.6) is 0 Å². The Morgan fingerprint density at radius 2 is 1.02 bits per heavy atom. The van der Waals surface area contributed by atoms with E-state index in [2.05, 4.69) is 26.0 Å². The SMILES string of the molecule is CC1(C)CCCC(C)(C)N1[O].CCCCCCCC/C=C\CCCCCCCC(=O)O[C@H](COC(=O)CCCCCCCCCCCCCCC)COP(=O)(O)OCC[N+](C)(C)C. The molecule has 0 amide bonds. The summed E-state index contributed by atoms with van der Waals surface area (Å²) in [5.41, 5.74) is -0.302. The second kappa shape index (κ2) is 37.7. The van der Waals surface area contributed by atoms with Gasteiger partial charge in [0.15, 0.2) is 6.10 Å². The first-order valence-corrected chi connectivity index (χ1v) is 27.2. The molecular weight excluding hydrogens is 816 g/mol. The molecule has 0 aliphatic carbocycles. The summed E-state index contributed by atoms with van der Waals surface area (Å²) in [7, 11) is 1.48. The van der Waals surface area contributed by atoms with Crippen LogP contribution in [0.4, 0.5) is 0 Å². The Labute approximate surface area is 388 Å². The van der Waals surface area contributed by atoms with Gasteiger partial charge < -0.3 is 18.9 Å². The molecule has 0 spiro atoms. The second-order valence-electron chi connectivity index (χ2n) is 20.5. The van der Waals surface area contributed by atoms with Crippen LogP contribution in [-0.2, 0) is 37.9 Å². The summed E-state index contributed by atoms with van der Waals surface area (Å²) < 4.78 is 34.3. The van der Waals surface area contributed by atoms with Gasteiger partial charge >= 0.3 is 19.8 Å². The Morgan fingerprint density at radius 1 is 0.619 bits per heavy atom. The Kier molecular flexibility index (Phi) is 36.9. The van der Waals surface area contributed by atoms with Gasteiger partial charge in [0.1, 0.15) is 19.8 Å². The number of likely N-dealkylation sites (N-methyl/N-ethyl adjacent to an activating group) is 1. The molecule has 63 heavy (non-hydrogen) atoms. The molecule has 1 aliphatic heterocycles. The van der Waals surface area contributed by atoms with E-state index < -0.39 is 26.5 Å². The first-order valence-electron chi connectivity index (χ1n) is 25.7. The smallest absolute Gasteiger partial charge is 0.462 e. The van der Waals surface area contributed by atoms with Gasteiger partial charge in [-0.1, -0.05) is 154 Å². The average molecular weight is 917 g/mol. The number of phosphoric ester groups is 1. The number of esters is 2. The van der Waals surface area contributed by atoms with Gasteiger partial charge in [-0.15, -0.1) is 10.3 Å². The van der Waals surface area contributed by atoms with Crippen molar-refractivity contribution in [3.05, 3.63) is 12.2 Å². The minimum atomic E-state index is -4.37. The highest BCUT2D eigenvalue weighted by molar-refractivity contribution is 7.47. The van der Waals surface area contributed by atoms with Gasteiger partial charge in [-0.25, -0.2) is 4.57 Å². The summed E-state index contributed by atoms with van der Waals surface area (Å²) in [4.78, 5) is 35.3. The van der Waals surface area contributed by atoms with E-state index in [0.717, 1.165) is 64.2 Å². The lowest BCUT2D eigenvalue weighted by molar-refractivity contribution is -0.870. The first-order chi connectivity index (χ1) is 29.8. The summed E-state index contributed by atoms with van der Waals surface area (Å²) in [6, 6.07) is 0. The molecule has 11 nitrogen and oxygen atoms in total. The Bertz CT molecular complexity index is 1170. The molecule has 0 aromatic carbocycles. The van der Waals surface area contributed by atoms with Crippen LogP contribution >= 0.6 is 7.82 Å². The highest BCUT2D eigenvalue weighted by Crippen LogP contribution is 2.43. The van der Waals surface area contributed by atoms with Gasteiger partial charge in [-0.2, -0.15) is 0 Å². The van der Waals surface area contributed by atoms with Gasteiger partial charge in [0.2, 0.25) is 0 Å². The lowest BCUT2D eigenvalue weighted by Gasteiger charge is -2.46. The number of ether oxygens (including phenoxy) is 2. The summed E-state index contributed by atoms with van der Waals surface area (Å²) in [5, 5.41) is 13.0. The van der Waals surface area contributed by atoms with E-state index in [-0.39, 0.29) is 36.7 Å². The number of phosphoric acid groups is 1. The average Bonchev–Trinajstić information content (AvgIpc) is 3.20. The molecule has 0 saturated carbocycles. The van der Waals surface area contributed by atoms with Crippen molar-refractivity contribution in [3.8, 4) is 0 Å². The standard InChI is InChI=1S/C42H82NO8P.C9H18NO/c1-6-8-10-12-14-16-18-20-21-23-25-27-29-31-33-35-42(45)51-40(39-50-52(46,47)49-37-36-43(3,4)5)38-48-41(44)34-32-30-28-26-24-22-19-17-15-13-11-9-7-2;1-8(2)6-5-7-9(3,4)10(8)11/h20-21,40H,6-19,22-39H2,1-5H3;5-7H2,1-4H3/p+1/b21-20-;/t40-;/m1./s1. The van der Waals surface area contributed by atoms with Crippen LogP contribution in [0.2, 0.25) is 0 Å². The fourth-order valence-corrected chi connectivity index (χ4v) is 8.61. The summed E-state index contributed by atoms with van der Waals surface area (Å²) >= 11 is 0. The Hall–Kier alpha value is -1.33. The molecule has 2 atom stereocenters. The van der Waals surface area contributed by atoms with Crippen molar-refractivity contribution in [2.75, 3.05) is 47.5 Å². The lowest BCUT2D eigenvalue weighted by Crippen LogP contribution is -2.55. The number of rotatable bonds is 39. The Balaban J connectivity index is 0.00000301. The van der Waals surface area contributed by atoms with Crippen molar-refractivity contribution >= 4 is 19.8 Å². The molecule has 0 bridgehead atoms. The summed E-state index contributed by atoms with van der Waals surface area (Å²) in [6.45, 7) is 12.5. The maximum Gasteiger partial charge on any atom is 0.472 e. The van der Waals surface area contributed by atoms with Crippen molar-refractivity contribution in [1.82, 2.24) is 5.06 Å². The van der Waals surface area contributed by atoms with Gasteiger partial charge in [-0.05, 0) is 85.5 Å². The van der Waals surface area contributed by atoms with Crippen LogP contribution in [0.25, 0.3) is 0 Å². The van der Waals surface area contributed by atoms with E-state index >= 15 is 0 Å². The minimum absolute atomic E-state index is 0.0331. The van der Waals surface area contributed by atoms with E-state index in [4.69, 9.17) is 18.5 Å².